The summed E-state index contributed by atoms with van der Waals surface area (Å²) >= 11 is 0. The number of aldehydes is 1. The molecule has 0 aliphatic carbocycles. The summed E-state index contributed by atoms with van der Waals surface area (Å²) in [6, 6.07) is 3.24. The van der Waals surface area contributed by atoms with E-state index in [1.807, 2.05) is 0 Å². The fraction of sp³-hybridized carbons (Fsp3) is 0.389. The third kappa shape index (κ3) is 3.97. The number of hydrogen-bond donors (Lipinski definition) is 1. The molecule has 1 atom stereocenters. The van der Waals surface area contributed by atoms with E-state index in [0.717, 1.165) is 0 Å². The van der Waals surface area contributed by atoms with Crippen molar-refractivity contribution < 1.29 is 32.2 Å². The number of aliphatic hydroxyl groups excluding tert-OH is 1. The van der Waals surface area contributed by atoms with E-state index >= 15 is 0 Å². The lowest BCUT2D eigenvalue weighted by atomic mass is 10.1. The number of carbonyl (C=O) groups excluding carboxylic acids is 1. The molecule has 1 unspecified atom stereocenters. The number of rotatable bonds is 7. The topological polar surface area (TPSA) is 75.6 Å². The van der Waals surface area contributed by atoms with Crippen LogP contribution in [0.4, 0.5) is 17.6 Å². The monoisotopic (exact) mass is 399 g/mol. The molecule has 6 nitrogen and oxygen atoms in total. The van der Waals surface area contributed by atoms with Crippen LogP contribution in [0.5, 0.6) is 5.88 Å². The van der Waals surface area contributed by atoms with Crippen molar-refractivity contribution in [3.05, 3.63) is 52.5 Å². The molecule has 0 bridgehead atoms. The van der Waals surface area contributed by atoms with Crippen LogP contribution >= 0.6 is 0 Å². The number of aryl methyl sites for hydroxylation is 1. The zero-order valence-corrected chi connectivity index (χ0v) is 14.8. The predicted molar refractivity (Wildman–Crippen MR) is 89.3 cm³/mol. The van der Waals surface area contributed by atoms with Gasteiger partial charge in [-0.3, -0.25) is 14.7 Å². The Balaban J connectivity index is 1.69. The van der Waals surface area contributed by atoms with Gasteiger partial charge in [0.05, 0.1) is 0 Å². The molecule has 0 aromatic carbocycles. The average molecular weight is 399 g/mol. The van der Waals surface area contributed by atoms with Crippen LogP contribution < -0.4 is 4.74 Å². The molecule has 0 saturated carbocycles. The highest BCUT2D eigenvalue weighted by Gasteiger charge is 2.42. The molecule has 0 radical (unpaired) electrons. The number of aromatic nitrogens is 2. The van der Waals surface area contributed by atoms with Crippen molar-refractivity contribution in [1.29, 1.82) is 0 Å². The Morgan fingerprint density at radius 2 is 2.18 bits per heavy atom. The number of nitrogens with zero attached hydrogens (tertiary/aromatic N) is 3. The van der Waals surface area contributed by atoms with Crippen molar-refractivity contribution in [3.63, 3.8) is 0 Å². The van der Waals surface area contributed by atoms with E-state index in [4.69, 9.17) is 4.74 Å². The van der Waals surface area contributed by atoms with Crippen LogP contribution in [0.2, 0.25) is 0 Å². The average Bonchev–Trinajstić information content (AvgIpc) is 2.97. The van der Waals surface area contributed by atoms with Gasteiger partial charge in [0.2, 0.25) is 5.88 Å². The van der Waals surface area contributed by atoms with Gasteiger partial charge in [0.15, 0.2) is 12.9 Å². The summed E-state index contributed by atoms with van der Waals surface area (Å²) in [4.78, 5) is 20.7. The Morgan fingerprint density at radius 3 is 2.82 bits per heavy atom. The zero-order valence-electron chi connectivity index (χ0n) is 14.8. The van der Waals surface area contributed by atoms with Crippen LogP contribution in [0.25, 0.3) is 0 Å². The van der Waals surface area contributed by atoms with Gasteiger partial charge in [0.1, 0.15) is 11.9 Å². The summed E-state index contributed by atoms with van der Waals surface area (Å²) in [5.41, 5.74) is 2.54. The Labute approximate surface area is 157 Å². The van der Waals surface area contributed by atoms with Gasteiger partial charge in [-0.2, -0.15) is 8.78 Å². The largest absolute Gasteiger partial charge is 0.471 e. The second kappa shape index (κ2) is 7.80. The smallest absolute Gasteiger partial charge is 0.340 e. The van der Waals surface area contributed by atoms with Crippen molar-refractivity contribution in [3.8, 4) is 5.88 Å². The fourth-order valence-corrected chi connectivity index (χ4v) is 2.99. The normalized spacial score (nSPS) is 17.0. The summed E-state index contributed by atoms with van der Waals surface area (Å²) in [7, 11) is 0. The van der Waals surface area contributed by atoms with Crippen LogP contribution in [0.1, 0.15) is 39.0 Å². The molecule has 0 spiro atoms. The second-order valence-electron chi connectivity index (χ2n) is 6.48. The first-order valence-corrected chi connectivity index (χ1v) is 8.32. The third-order valence-corrected chi connectivity index (χ3v) is 4.42. The van der Waals surface area contributed by atoms with E-state index in [-0.39, 0.29) is 18.1 Å². The molecule has 3 heterocycles. The molecule has 0 amide bonds. The first-order valence-electron chi connectivity index (χ1n) is 8.32. The number of aliphatic hydroxyl groups is 1. The van der Waals surface area contributed by atoms with Crippen molar-refractivity contribution in [2.24, 2.45) is 0 Å². The van der Waals surface area contributed by atoms with E-state index in [2.05, 4.69) is 9.97 Å². The number of pyridine rings is 2. The summed E-state index contributed by atoms with van der Waals surface area (Å²) in [5, 5.41) is 10.5. The lowest BCUT2D eigenvalue weighted by molar-refractivity contribution is -0.148. The minimum atomic E-state index is -4.26. The maximum atomic E-state index is 13.0. The van der Waals surface area contributed by atoms with Crippen LogP contribution in [-0.2, 0) is 13.1 Å². The van der Waals surface area contributed by atoms with Gasteiger partial charge in [-0.05, 0) is 24.6 Å². The van der Waals surface area contributed by atoms with Crippen molar-refractivity contribution >= 4 is 6.29 Å². The summed E-state index contributed by atoms with van der Waals surface area (Å²) in [6.07, 6.45) is -1.32. The van der Waals surface area contributed by atoms with Crippen LogP contribution in [0, 0.1) is 6.92 Å². The molecule has 0 saturated heterocycles. The lowest BCUT2D eigenvalue weighted by Crippen LogP contribution is -2.34. The van der Waals surface area contributed by atoms with Gasteiger partial charge in [-0.1, -0.05) is 0 Å². The van der Waals surface area contributed by atoms with E-state index in [1.54, 1.807) is 24.0 Å². The Kier molecular flexibility index (Phi) is 5.61. The Bertz CT molecular complexity index is 879. The van der Waals surface area contributed by atoms with Gasteiger partial charge in [0.25, 0.3) is 0 Å². The molecular formula is C18H17F4N3O3. The second-order valence-corrected chi connectivity index (χ2v) is 6.48. The maximum absolute atomic E-state index is 13.0. The standard InChI is InChI=1S/C18H17F4N3O3/c1-10-4-11(5-24-15(10)28-9-18(21,22)17(19)20)6-25-7-13-12(16(25)27)2-3-23-14(13)8-26/h2-5,8,16-17,27H,6-7,9H2,1H3. The molecule has 3 rings (SSSR count). The lowest BCUT2D eigenvalue weighted by Gasteiger charge is -2.21. The molecule has 150 valence electrons. The van der Waals surface area contributed by atoms with Crippen molar-refractivity contribution in [2.45, 2.75) is 38.6 Å². The van der Waals surface area contributed by atoms with Gasteiger partial charge < -0.3 is 9.84 Å². The van der Waals surface area contributed by atoms with Gasteiger partial charge >= 0.3 is 12.3 Å². The SMILES string of the molecule is Cc1cc(CN2Cc3c(ccnc3C=O)C2O)cnc1OCC(F)(F)C(F)F. The third-order valence-electron chi connectivity index (χ3n) is 4.42. The number of alkyl halides is 4. The first kappa shape index (κ1) is 20.2. The van der Waals surface area contributed by atoms with Crippen molar-refractivity contribution in [1.82, 2.24) is 14.9 Å². The van der Waals surface area contributed by atoms with Crippen LogP contribution in [0.3, 0.4) is 0 Å². The molecule has 2 aromatic rings. The minimum absolute atomic E-state index is 0.165. The van der Waals surface area contributed by atoms with E-state index in [1.165, 1.54) is 12.4 Å². The first-order chi connectivity index (χ1) is 13.2. The van der Waals surface area contributed by atoms with E-state index in [0.29, 0.717) is 35.1 Å². The molecule has 0 fully saturated rings. The fourth-order valence-electron chi connectivity index (χ4n) is 2.99. The van der Waals surface area contributed by atoms with Gasteiger partial charge in [-0.25, -0.2) is 13.8 Å². The molecular weight excluding hydrogens is 382 g/mol. The maximum Gasteiger partial charge on any atom is 0.340 e. The quantitative estimate of drug-likeness (QED) is 0.570. The summed E-state index contributed by atoms with van der Waals surface area (Å²) in [6.45, 7) is 0.640. The number of ether oxygens (including phenoxy) is 1. The summed E-state index contributed by atoms with van der Waals surface area (Å²) < 4.78 is 55.1. The molecule has 10 heteroatoms. The number of halogens is 4. The highest BCUT2D eigenvalue weighted by molar-refractivity contribution is 5.75. The highest BCUT2D eigenvalue weighted by atomic mass is 19.3. The summed E-state index contributed by atoms with van der Waals surface area (Å²) in [5.74, 6) is -4.43. The molecule has 1 N–H and O–H groups in total. The molecule has 2 aromatic heterocycles. The van der Waals surface area contributed by atoms with Crippen LogP contribution in [0.15, 0.2) is 24.5 Å². The molecule has 1 aliphatic rings. The molecule has 1 aliphatic heterocycles. The highest BCUT2D eigenvalue weighted by Crippen LogP contribution is 2.34. The minimum Gasteiger partial charge on any atom is -0.471 e. The van der Waals surface area contributed by atoms with Crippen molar-refractivity contribution in [2.75, 3.05) is 6.61 Å². The van der Waals surface area contributed by atoms with Crippen LogP contribution in [-0.4, -0.2) is 45.2 Å². The number of hydrogen-bond acceptors (Lipinski definition) is 6. The Hall–Kier alpha value is -2.59. The van der Waals surface area contributed by atoms with Gasteiger partial charge in [0, 0.05) is 42.2 Å². The predicted octanol–water partition coefficient (Wildman–Crippen LogP) is 2.88. The van der Waals surface area contributed by atoms with Gasteiger partial charge in [-0.15, -0.1) is 0 Å². The van der Waals surface area contributed by atoms with E-state index < -0.39 is 25.2 Å². The number of fused-ring (bicyclic) bond motifs is 1. The number of carbonyl (C=O) groups is 1. The Morgan fingerprint density at radius 1 is 1.43 bits per heavy atom. The molecule has 28 heavy (non-hydrogen) atoms. The zero-order chi connectivity index (χ0) is 20.5. The van der Waals surface area contributed by atoms with E-state index in [9.17, 15) is 27.5 Å².